The van der Waals surface area contributed by atoms with Gasteiger partial charge >= 0.3 is 0 Å². The van der Waals surface area contributed by atoms with Gasteiger partial charge < -0.3 is 11.1 Å². The zero-order valence-corrected chi connectivity index (χ0v) is 19.9. The van der Waals surface area contributed by atoms with Crippen molar-refractivity contribution in [1.82, 2.24) is 19.5 Å². The standard InChI is InChI=1S/C24H31N5O4S/c25-23(30)22(18-7-2-1-3-8-18)27-24(31)20-10-4-5-11-21(20)28-13-15-29(16-14-28)34(32,33)19-9-6-12-26-17-19/h1-3,6-9,12,17,20-22H,4-5,10-11,13-16H2,(H2,25,30)(H,27,31)/t20-,21-,22+/m1/s1. The Hall–Kier alpha value is -2.82. The first-order valence-corrected chi connectivity index (χ1v) is 13.1. The van der Waals surface area contributed by atoms with E-state index in [1.54, 1.807) is 42.6 Å². The van der Waals surface area contributed by atoms with Gasteiger partial charge in [-0.3, -0.25) is 19.5 Å². The Bertz CT molecular complexity index is 1090. The highest BCUT2D eigenvalue weighted by atomic mass is 32.2. The van der Waals surface area contributed by atoms with Crippen molar-refractivity contribution in [3.63, 3.8) is 0 Å². The summed E-state index contributed by atoms with van der Waals surface area (Å²) in [6, 6.07) is 11.3. The molecular formula is C24H31N5O4S. The van der Waals surface area contributed by atoms with Crippen molar-refractivity contribution < 1.29 is 18.0 Å². The van der Waals surface area contributed by atoms with Crippen molar-refractivity contribution in [3.05, 3.63) is 60.4 Å². The van der Waals surface area contributed by atoms with Gasteiger partial charge in [0.2, 0.25) is 21.8 Å². The minimum absolute atomic E-state index is 0.00120. The van der Waals surface area contributed by atoms with Gasteiger partial charge in [0.15, 0.2) is 0 Å². The third-order valence-corrected chi connectivity index (χ3v) is 8.67. The van der Waals surface area contributed by atoms with Gasteiger partial charge in [-0.05, 0) is 30.5 Å². The first kappa shape index (κ1) is 24.3. The first-order chi connectivity index (χ1) is 16.4. The van der Waals surface area contributed by atoms with Crippen LogP contribution in [0.15, 0.2) is 59.8 Å². The van der Waals surface area contributed by atoms with E-state index in [1.165, 1.54) is 10.5 Å². The number of hydrogen-bond donors (Lipinski definition) is 2. The van der Waals surface area contributed by atoms with Crippen LogP contribution in [0.1, 0.15) is 37.3 Å². The summed E-state index contributed by atoms with van der Waals surface area (Å²) in [5, 5.41) is 2.87. The molecule has 4 rings (SSSR count). The fourth-order valence-electron chi connectivity index (χ4n) is 4.99. The predicted octanol–water partition coefficient (Wildman–Crippen LogP) is 1.29. The molecule has 0 bridgehead atoms. The lowest BCUT2D eigenvalue weighted by atomic mass is 9.82. The van der Waals surface area contributed by atoms with Crippen LogP contribution < -0.4 is 11.1 Å². The van der Waals surface area contributed by atoms with Crippen LogP contribution in [0, 0.1) is 5.92 Å². The molecule has 3 N–H and O–H groups in total. The van der Waals surface area contributed by atoms with E-state index in [-0.39, 0.29) is 22.8 Å². The van der Waals surface area contributed by atoms with Crippen LogP contribution in [-0.4, -0.2) is 66.6 Å². The molecule has 10 heteroatoms. The number of rotatable bonds is 7. The lowest BCUT2D eigenvalue weighted by molar-refractivity contribution is -0.133. The van der Waals surface area contributed by atoms with Crippen molar-refractivity contribution in [2.75, 3.05) is 26.2 Å². The van der Waals surface area contributed by atoms with Crippen molar-refractivity contribution in [2.24, 2.45) is 11.7 Å². The van der Waals surface area contributed by atoms with E-state index >= 15 is 0 Å². The van der Waals surface area contributed by atoms with Crippen LogP contribution in [0.5, 0.6) is 0 Å². The molecule has 2 heterocycles. The van der Waals surface area contributed by atoms with Crippen LogP contribution in [0.2, 0.25) is 0 Å². The number of carbonyl (C=O) groups excluding carboxylic acids is 2. The fraction of sp³-hybridized carbons (Fsp3) is 0.458. The van der Waals surface area contributed by atoms with Crippen molar-refractivity contribution in [2.45, 2.75) is 42.7 Å². The zero-order valence-electron chi connectivity index (χ0n) is 19.0. The molecule has 182 valence electrons. The minimum atomic E-state index is -3.59. The Kier molecular flexibility index (Phi) is 7.60. The average molecular weight is 486 g/mol. The Morgan fingerprint density at radius 3 is 2.35 bits per heavy atom. The SMILES string of the molecule is NC(=O)[C@@H](NC(=O)[C@@H]1CCCC[C@H]1N1CCN(S(=O)(=O)c2cccnc2)CC1)c1ccccc1. The van der Waals surface area contributed by atoms with Gasteiger partial charge in [0.05, 0.1) is 5.92 Å². The minimum Gasteiger partial charge on any atom is -0.368 e. The van der Waals surface area contributed by atoms with Gasteiger partial charge in [-0.1, -0.05) is 43.2 Å². The topological polar surface area (TPSA) is 126 Å². The third kappa shape index (κ3) is 5.29. The van der Waals surface area contributed by atoms with E-state index in [2.05, 4.69) is 15.2 Å². The highest BCUT2D eigenvalue weighted by Crippen LogP contribution is 2.31. The molecule has 2 fully saturated rings. The van der Waals surface area contributed by atoms with Crippen LogP contribution >= 0.6 is 0 Å². The maximum Gasteiger partial charge on any atom is 0.244 e. The molecule has 1 aliphatic heterocycles. The number of piperazine rings is 1. The molecule has 1 aromatic heterocycles. The first-order valence-electron chi connectivity index (χ1n) is 11.7. The van der Waals surface area contributed by atoms with Gasteiger partial charge in [-0.15, -0.1) is 0 Å². The van der Waals surface area contributed by atoms with Gasteiger partial charge in [0, 0.05) is 44.6 Å². The van der Waals surface area contributed by atoms with Crippen LogP contribution in [0.25, 0.3) is 0 Å². The number of hydrogen-bond acceptors (Lipinski definition) is 6. The van der Waals surface area contributed by atoms with Crippen molar-refractivity contribution in [1.29, 1.82) is 0 Å². The molecule has 9 nitrogen and oxygen atoms in total. The lowest BCUT2D eigenvalue weighted by Crippen LogP contribution is -2.56. The van der Waals surface area contributed by atoms with E-state index in [0.717, 1.165) is 25.7 Å². The summed E-state index contributed by atoms with van der Waals surface area (Å²) in [5.41, 5.74) is 6.25. The van der Waals surface area contributed by atoms with E-state index in [0.29, 0.717) is 31.7 Å². The summed E-state index contributed by atoms with van der Waals surface area (Å²) in [7, 11) is -3.59. The second-order valence-corrected chi connectivity index (χ2v) is 10.8. The highest BCUT2D eigenvalue weighted by Gasteiger charge is 2.39. The Morgan fingerprint density at radius 1 is 1.00 bits per heavy atom. The third-order valence-electron chi connectivity index (χ3n) is 6.78. The molecule has 2 aliphatic rings. The zero-order chi connectivity index (χ0) is 24.1. The van der Waals surface area contributed by atoms with Gasteiger partial charge in [0.25, 0.3) is 0 Å². The molecule has 2 aromatic rings. The number of nitrogens with two attached hydrogens (primary N) is 1. The van der Waals surface area contributed by atoms with Gasteiger partial charge in [0.1, 0.15) is 10.9 Å². The Morgan fingerprint density at radius 2 is 1.71 bits per heavy atom. The van der Waals surface area contributed by atoms with Gasteiger partial charge in [-0.2, -0.15) is 4.31 Å². The maximum atomic E-state index is 13.3. The molecule has 0 unspecified atom stereocenters. The Labute approximate surface area is 200 Å². The summed E-state index contributed by atoms with van der Waals surface area (Å²) in [4.78, 5) is 31.7. The molecule has 3 atom stereocenters. The summed E-state index contributed by atoms with van der Waals surface area (Å²) < 4.78 is 27.3. The summed E-state index contributed by atoms with van der Waals surface area (Å²) in [6.45, 7) is 1.81. The molecule has 2 amide bonds. The van der Waals surface area contributed by atoms with E-state index in [9.17, 15) is 18.0 Å². The van der Waals surface area contributed by atoms with Crippen molar-refractivity contribution in [3.8, 4) is 0 Å². The lowest BCUT2D eigenvalue weighted by Gasteiger charge is -2.43. The molecule has 34 heavy (non-hydrogen) atoms. The molecule has 1 saturated carbocycles. The number of primary amides is 1. The number of pyridine rings is 1. The van der Waals surface area contributed by atoms with Crippen molar-refractivity contribution >= 4 is 21.8 Å². The van der Waals surface area contributed by atoms with Crippen LogP contribution in [0.3, 0.4) is 0 Å². The fourth-order valence-corrected chi connectivity index (χ4v) is 6.38. The number of amides is 2. The largest absolute Gasteiger partial charge is 0.368 e. The molecule has 1 saturated heterocycles. The number of carbonyl (C=O) groups is 2. The monoisotopic (exact) mass is 485 g/mol. The molecule has 0 radical (unpaired) electrons. The molecular weight excluding hydrogens is 454 g/mol. The normalized spacial score (nSPS) is 23.2. The number of aromatic nitrogens is 1. The van der Waals surface area contributed by atoms with E-state index in [4.69, 9.17) is 5.73 Å². The van der Waals surface area contributed by atoms with Gasteiger partial charge in [-0.25, -0.2) is 8.42 Å². The summed E-state index contributed by atoms with van der Waals surface area (Å²) in [5.74, 6) is -1.05. The summed E-state index contributed by atoms with van der Waals surface area (Å²) in [6.07, 6.45) is 6.46. The quantitative estimate of drug-likeness (QED) is 0.609. The number of sulfonamides is 1. The molecule has 0 spiro atoms. The summed E-state index contributed by atoms with van der Waals surface area (Å²) >= 11 is 0. The predicted molar refractivity (Wildman–Crippen MR) is 127 cm³/mol. The second kappa shape index (κ2) is 10.6. The maximum absolute atomic E-state index is 13.3. The van der Waals surface area contributed by atoms with Crippen LogP contribution in [-0.2, 0) is 19.6 Å². The number of nitrogens with zero attached hydrogens (tertiary/aromatic N) is 3. The van der Waals surface area contributed by atoms with E-state index < -0.39 is 22.0 Å². The second-order valence-electron chi connectivity index (χ2n) is 8.84. The number of nitrogens with one attached hydrogen (secondary N) is 1. The highest BCUT2D eigenvalue weighted by molar-refractivity contribution is 7.89. The number of benzene rings is 1. The molecule has 1 aromatic carbocycles. The average Bonchev–Trinajstić information content (AvgIpc) is 2.88. The van der Waals surface area contributed by atoms with E-state index in [1.807, 2.05) is 6.07 Å². The molecule has 1 aliphatic carbocycles. The van der Waals surface area contributed by atoms with Crippen LogP contribution in [0.4, 0.5) is 0 Å². The smallest absolute Gasteiger partial charge is 0.244 e. The Balaban J connectivity index is 1.42.